The average molecular weight is 139 g/mol. The zero-order valence-corrected chi connectivity index (χ0v) is 6.18. The van der Waals surface area contributed by atoms with Crippen LogP contribution in [-0.2, 0) is 4.74 Å². The zero-order valence-electron chi connectivity index (χ0n) is 6.18. The van der Waals surface area contributed by atoms with Gasteiger partial charge in [0.15, 0.2) is 0 Å². The summed E-state index contributed by atoms with van der Waals surface area (Å²) >= 11 is 0. The molecule has 0 unspecified atom stereocenters. The number of rotatable bonds is 0. The van der Waals surface area contributed by atoms with Crippen LogP contribution in [0.25, 0.3) is 0 Å². The predicted octanol–water partition coefficient (Wildman–Crippen LogP) is 0.647. The van der Waals surface area contributed by atoms with Crippen LogP contribution in [-0.4, -0.2) is 37.2 Å². The average Bonchev–Trinajstić information content (AvgIpc) is 2.27. The van der Waals surface area contributed by atoms with E-state index in [4.69, 9.17) is 4.74 Å². The van der Waals surface area contributed by atoms with Gasteiger partial charge in [-0.3, -0.25) is 4.90 Å². The largest absolute Gasteiger partial charge is 0.378 e. The molecule has 2 rings (SSSR count). The van der Waals surface area contributed by atoms with Crippen LogP contribution in [0.15, 0.2) is 12.2 Å². The van der Waals surface area contributed by atoms with Gasteiger partial charge < -0.3 is 4.74 Å². The fourth-order valence-electron chi connectivity index (χ4n) is 1.77. The minimum absolute atomic E-state index is 0.654. The van der Waals surface area contributed by atoms with Crippen molar-refractivity contribution < 1.29 is 4.74 Å². The topological polar surface area (TPSA) is 12.5 Å². The summed E-state index contributed by atoms with van der Waals surface area (Å²) in [6, 6.07) is 0.654. The Morgan fingerprint density at radius 1 is 1.60 bits per heavy atom. The Morgan fingerprint density at radius 2 is 2.50 bits per heavy atom. The number of morpholine rings is 1. The van der Waals surface area contributed by atoms with Crippen molar-refractivity contribution >= 4 is 0 Å². The van der Waals surface area contributed by atoms with Crippen LogP contribution in [0.2, 0.25) is 0 Å². The summed E-state index contributed by atoms with van der Waals surface area (Å²) in [6.45, 7) is 8.01. The number of nitrogens with zero attached hydrogens (tertiary/aromatic N) is 1. The second-order valence-electron chi connectivity index (χ2n) is 3.15. The molecule has 2 heterocycles. The van der Waals surface area contributed by atoms with Crippen LogP contribution in [0.1, 0.15) is 6.42 Å². The highest BCUT2D eigenvalue weighted by Gasteiger charge is 2.29. The number of ether oxygens (including phenoxy) is 1. The molecule has 2 heteroatoms. The standard InChI is InChI=1S/C8H13NO/c1-7-4-8-6-10-3-2-9(8)5-7/h8H,1-6H2/t8-/m1/s1. The minimum atomic E-state index is 0.654. The van der Waals surface area contributed by atoms with E-state index >= 15 is 0 Å². The summed E-state index contributed by atoms with van der Waals surface area (Å²) in [5, 5.41) is 0. The van der Waals surface area contributed by atoms with Crippen molar-refractivity contribution in [2.24, 2.45) is 0 Å². The van der Waals surface area contributed by atoms with Crippen LogP contribution in [0.5, 0.6) is 0 Å². The summed E-state index contributed by atoms with van der Waals surface area (Å²) in [4.78, 5) is 2.46. The van der Waals surface area contributed by atoms with Gasteiger partial charge in [-0.2, -0.15) is 0 Å². The van der Waals surface area contributed by atoms with Crippen molar-refractivity contribution in [3.63, 3.8) is 0 Å². The van der Waals surface area contributed by atoms with E-state index < -0.39 is 0 Å². The van der Waals surface area contributed by atoms with Gasteiger partial charge in [0.2, 0.25) is 0 Å². The lowest BCUT2D eigenvalue weighted by Gasteiger charge is -2.28. The van der Waals surface area contributed by atoms with E-state index in [1.165, 1.54) is 5.57 Å². The number of hydrogen-bond acceptors (Lipinski definition) is 2. The highest BCUT2D eigenvalue weighted by molar-refractivity contribution is 5.08. The van der Waals surface area contributed by atoms with Crippen LogP contribution in [0.4, 0.5) is 0 Å². The third kappa shape index (κ3) is 0.976. The van der Waals surface area contributed by atoms with Crippen molar-refractivity contribution in [1.82, 2.24) is 4.90 Å². The molecule has 56 valence electrons. The lowest BCUT2D eigenvalue weighted by molar-refractivity contribution is 0.0129. The molecule has 1 atom stereocenters. The molecule has 2 aliphatic rings. The Kier molecular flexibility index (Phi) is 1.51. The van der Waals surface area contributed by atoms with E-state index in [-0.39, 0.29) is 0 Å². The highest BCUT2D eigenvalue weighted by atomic mass is 16.5. The van der Waals surface area contributed by atoms with E-state index in [0.29, 0.717) is 6.04 Å². The Labute approximate surface area is 61.5 Å². The smallest absolute Gasteiger partial charge is 0.0625 e. The molecule has 2 nitrogen and oxygen atoms in total. The maximum atomic E-state index is 5.35. The molecule has 0 saturated carbocycles. The molecule has 0 aromatic rings. The van der Waals surface area contributed by atoms with Crippen LogP contribution >= 0.6 is 0 Å². The first-order valence-corrected chi connectivity index (χ1v) is 3.85. The molecular weight excluding hydrogens is 126 g/mol. The molecule has 2 fully saturated rings. The normalized spacial score (nSPS) is 34.4. The summed E-state index contributed by atoms with van der Waals surface area (Å²) in [5.41, 5.74) is 1.37. The minimum Gasteiger partial charge on any atom is -0.378 e. The Bertz CT molecular complexity index is 139. The van der Waals surface area contributed by atoms with Crippen molar-refractivity contribution in [2.45, 2.75) is 12.5 Å². The third-order valence-corrected chi connectivity index (χ3v) is 2.30. The maximum Gasteiger partial charge on any atom is 0.0625 e. The summed E-state index contributed by atoms with van der Waals surface area (Å²) in [7, 11) is 0. The Balaban J connectivity index is 2.04. The van der Waals surface area contributed by atoms with E-state index in [9.17, 15) is 0 Å². The number of hydrogen-bond donors (Lipinski definition) is 0. The van der Waals surface area contributed by atoms with Crippen molar-refractivity contribution in [3.05, 3.63) is 12.2 Å². The second kappa shape index (κ2) is 2.36. The summed E-state index contributed by atoms with van der Waals surface area (Å²) in [6.07, 6.45) is 1.15. The lowest BCUT2D eigenvalue weighted by Crippen LogP contribution is -2.40. The highest BCUT2D eigenvalue weighted by Crippen LogP contribution is 2.22. The predicted molar refractivity (Wildman–Crippen MR) is 39.9 cm³/mol. The van der Waals surface area contributed by atoms with Gasteiger partial charge in [-0.25, -0.2) is 0 Å². The first-order chi connectivity index (χ1) is 4.86. The molecule has 2 aliphatic heterocycles. The SMILES string of the molecule is C=C1C[C@@H]2COCCN2C1. The molecule has 0 aliphatic carbocycles. The molecule has 0 aromatic carbocycles. The second-order valence-corrected chi connectivity index (χ2v) is 3.15. The van der Waals surface area contributed by atoms with Gasteiger partial charge in [-0.1, -0.05) is 12.2 Å². The van der Waals surface area contributed by atoms with Gasteiger partial charge in [0.1, 0.15) is 0 Å². The molecule has 0 spiro atoms. The first-order valence-electron chi connectivity index (χ1n) is 3.85. The van der Waals surface area contributed by atoms with Gasteiger partial charge >= 0.3 is 0 Å². The Morgan fingerprint density at radius 3 is 3.30 bits per heavy atom. The quantitative estimate of drug-likeness (QED) is 0.457. The molecule has 0 bridgehead atoms. The van der Waals surface area contributed by atoms with Gasteiger partial charge in [0.25, 0.3) is 0 Å². The monoisotopic (exact) mass is 139 g/mol. The summed E-state index contributed by atoms with van der Waals surface area (Å²) in [5.74, 6) is 0. The van der Waals surface area contributed by atoms with Gasteiger partial charge in [-0.05, 0) is 6.42 Å². The van der Waals surface area contributed by atoms with Crippen LogP contribution in [0, 0.1) is 0 Å². The first kappa shape index (κ1) is 6.38. The zero-order chi connectivity index (χ0) is 6.97. The van der Waals surface area contributed by atoms with Crippen molar-refractivity contribution in [1.29, 1.82) is 0 Å². The van der Waals surface area contributed by atoms with Crippen LogP contribution < -0.4 is 0 Å². The van der Waals surface area contributed by atoms with Gasteiger partial charge in [0, 0.05) is 19.1 Å². The van der Waals surface area contributed by atoms with E-state index in [1.807, 2.05) is 0 Å². The van der Waals surface area contributed by atoms with Crippen LogP contribution in [0.3, 0.4) is 0 Å². The van der Waals surface area contributed by atoms with Crippen molar-refractivity contribution in [3.8, 4) is 0 Å². The van der Waals surface area contributed by atoms with Crippen molar-refractivity contribution in [2.75, 3.05) is 26.3 Å². The molecule has 0 N–H and O–H groups in total. The molecule has 0 radical (unpaired) electrons. The van der Waals surface area contributed by atoms with E-state index in [1.54, 1.807) is 0 Å². The molecule has 0 aromatic heterocycles. The Hall–Kier alpha value is -0.340. The molecular formula is C8H13NO. The van der Waals surface area contributed by atoms with Gasteiger partial charge in [0.05, 0.1) is 13.2 Å². The number of fused-ring (bicyclic) bond motifs is 1. The van der Waals surface area contributed by atoms with Gasteiger partial charge in [-0.15, -0.1) is 0 Å². The molecule has 0 amide bonds. The molecule has 2 saturated heterocycles. The lowest BCUT2D eigenvalue weighted by atomic mass is 10.2. The fourth-order valence-corrected chi connectivity index (χ4v) is 1.77. The fraction of sp³-hybridized carbons (Fsp3) is 0.750. The van der Waals surface area contributed by atoms with E-state index in [2.05, 4.69) is 11.5 Å². The maximum absolute atomic E-state index is 5.35. The molecule has 10 heavy (non-hydrogen) atoms. The third-order valence-electron chi connectivity index (χ3n) is 2.30. The van der Waals surface area contributed by atoms with E-state index in [0.717, 1.165) is 32.7 Å². The summed E-state index contributed by atoms with van der Waals surface area (Å²) < 4.78 is 5.35.